The van der Waals surface area contributed by atoms with E-state index in [9.17, 15) is 4.79 Å². The minimum atomic E-state index is 0.483. The summed E-state index contributed by atoms with van der Waals surface area (Å²) >= 11 is 0. The van der Waals surface area contributed by atoms with Crippen LogP contribution in [-0.4, -0.2) is 5.78 Å². The highest BCUT2D eigenvalue weighted by Gasteiger charge is 2.57. The van der Waals surface area contributed by atoms with E-state index in [0.717, 1.165) is 12.8 Å². The molecule has 0 heterocycles. The van der Waals surface area contributed by atoms with Crippen molar-refractivity contribution < 1.29 is 4.79 Å². The van der Waals surface area contributed by atoms with Crippen LogP contribution < -0.4 is 0 Å². The van der Waals surface area contributed by atoms with Crippen LogP contribution in [-0.2, 0) is 4.79 Å². The van der Waals surface area contributed by atoms with E-state index < -0.39 is 0 Å². The van der Waals surface area contributed by atoms with Crippen LogP contribution in [0.3, 0.4) is 0 Å². The van der Waals surface area contributed by atoms with Gasteiger partial charge in [-0.05, 0) is 18.3 Å². The fourth-order valence-electron chi connectivity index (χ4n) is 1.77. The van der Waals surface area contributed by atoms with Crippen molar-refractivity contribution in [1.29, 1.82) is 0 Å². The number of carbonyl (C=O) groups excluding carboxylic acids is 1. The molecular formula is C7H10O. The van der Waals surface area contributed by atoms with E-state index in [1.54, 1.807) is 0 Å². The fourth-order valence-corrected chi connectivity index (χ4v) is 1.77. The van der Waals surface area contributed by atoms with Crippen molar-refractivity contribution in [2.75, 3.05) is 0 Å². The molecule has 1 nitrogen and oxygen atoms in total. The average molecular weight is 110 g/mol. The van der Waals surface area contributed by atoms with Crippen LogP contribution in [0.15, 0.2) is 0 Å². The van der Waals surface area contributed by atoms with Crippen molar-refractivity contribution >= 4 is 5.78 Å². The third-order valence-corrected chi connectivity index (χ3v) is 2.68. The maximum atomic E-state index is 10.8. The van der Waals surface area contributed by atoms with Crippen molar-refractivity contribution in [1.82, 2.24) is 0 Å². The summed E-state index contributed by atoms with van der Waals surface area (Å²) < 4.78 is 0. The van der Waals surface area contributed by atoms with Gasteiger partial charge in [0.15, 0.2) is 0 Å². The number of rotatable bonds is 0. The average Bonchev–Trinajstić information content (AvgIpc) is 2.32. The molecule has 0 aromatic heterocycles. The molecule has 0 radical (unpaired) electrons. The van der Waals surface area contributed by atoms with E-state index in [1.165, 1.54) is 6.42 Å². The van der Waals surface area contributed by atoms with Crippen LogP contribution in [0.4, 0.5) is 0 Å². The maximum absolute atomic E-state index is 10.8. The molecule has 0 bridgehead atoms. The molecule has 44 valence electrons. The SMILES string of the molecule is CC12CCC(=O)C1C2. The van der Waals surface area contributed by atoms with Gasteiger partial charge in [0, 0.05) is 12.3 Å². The van der Waals surface area contributed by atoms with Gasteiger partial charge in [-0.3, -0.25) is 4.79 Å². The Bertz CT molecular complexity index is 150. The highest BCUT2D eigenvalue weighted by molar-refractivity contribution is 5.87. The summed E-state index contributed by atoms with van der Waals surface area (Å²) in [6.07, 6.45) is 3.21. The lowest BCUT2D eigenvalue weighted by atomic mass is 10.1. The second-order valence-corrected chi connectivity index (χ2v) is 3.38. The van der Waals surface area contributed by atoms with Crippen molar-refractivity contribution in [3.05, 3.63) is 0 Å². The van der Waals surface area contributed by atoms with Gasteiger partial charge in [-0.25, -0.2) is 0 Å². The van der Waals surface area contributed by atoms with Crippen LogP contribution in [0.1, 0.15) is 26.2 Å². The fraction of sp³-hybridized carbons (Fsp3) is 0.857. The third-order valence-electron chi connectivity index (χ3n) is 2.68. The topological polar surface area (TPSA) is 17.1 Å². The van der Waals surface area contributed by atoms with Gasteiger partial charge in [0.05, 0.1) is 0 Å². The first kappa shape index (κ1) is 4.54. The van der Waals surface area contributed by atoms with Gasteiger partial charge < -0.3 is 0 Å². The molecule has 0 spiro atoms. The van der Waals surface area contributed by atoms with Crippen molar-refractivity contribution in [3.63, 3.8) is 0 Å². The molecule has 8 heavy (non-hydrogen) atoms. The lowest BCUT2D eigenvalue weighted by Gasteiger charge is -1.95. The van der Waals surface area contributed by atoms with Crippen LogP contribution in [0.25, 0.3) is 0 Å². The van der Waals surface area contributed by atoms with Crippen LogP contribution in [0.5, 0.6) is 0 Å². The zero-order chi connectivity index (χ0) is 5.78. The molecule has 2 aliphatic rings. The normalized spacial score (nSPS) is 51.6. The molecule has 2 fully saturated rings. The minimum absolute atomic E-state index is 0.483. The van der Waals surface area contributed by atoms with Crippen LogP contribution >= 0.6 is 0 Å². The Morgan fingerprint density at radius 3 is 2.62 bits per heavy atom. The third kappa shape index (κ3) is 0.355. The Morgan fingerprint density at radius 2 is 2.50 bits per heavy atom. The summed E-state index contributed by atoms with van der Waals surface area (Å²) in [5, 5.41) is 0. The minimum Gasteiger partial charge on any atom is -0.299 e. The van der Waals surface area contributed by atoms with Crippen LogP contribution in [0.2, 0.25) is 0 Å². The Kier molecular flexibility index (Phi) is 0.565. The summed E-state index contributed by atoms with van der Waals surface area (Å²) in [5.41, 5.74) is 0.483. The molecule has 2 aliphatic carbocycles. The number of hydrogen-bond donors (Lipinski definition) is 0. The highest BCUT2D eigenvalue weighted by Crippen LogP contribution is 2.61. The van der Waals surface area contributed by atoms with Crippen molar-refractivity contribution in [2.24, 2.45) is 11.3 Å². The molecule has 0 saturated heterocycles. The molecule has 2 rings (SSSR count). The molecule has 0 aliphatic heterocycles. The lowest BCUT2D eigenvalue weighted by Crippen LogP contribution is -1.92. The second-order valence-electron chi connectivity index (χ2n) is 3.38. The molecule has 0 aromatic rings. The van der Waals surface area contributed by atoms with E-state index in [0.29, 0.717) is 17.1 Å². The van der Waals surface area contributed by atoms with Crippen LogP contribution in [0, 0.1) is 11.3 Å². The summed E-state index contributed by atoms with van der Waals surface area (Å²) in [4.78, 5) is 10.8. The summed E-state index contributed by atoms with van der Waals surface area (Å²) in [6, 6.07) is 0. The van der Waals surface area contributed by atoms with Gasteiger partial charge in [0.2, 0.25) is 0 Å². The zero-order valence-corrected chi connectivity index (χ0v) is 5.11. The smallest absolute Gasteiger partial charge is 0.136 e. The van der Waals surface area contributed by atoms with E-state index >= 15 is 0 Å². The predicted octanol–water partition coefficient (Wildman–Crippen LogP) is 1.38. The Labute approximate surface area is 49.1 Å². The Balaban J connectivity index is 2.26. The van der Waals surface area contributed by atoms with Gasteiger partial charge in [0.1, 0.15) is 5.78 Å². The van der Waals surface area contributed by atoms with E-state index in [1.807, 2.05) is 0 Å². The first-order valence-electron chi connectivity index (χ1n) is 3.25. The van der Waals surface area contributed by atoms with Gasteiger partial charge in [-0.1, -0.05) is 6.92 Å². The first-order valence-corrected chi connectivity index (χ1v) is 3.25. The molecule has 2 unspecified atom stereocenters. The van der Waals surface area contributed by atoms with E-state index in [4.69, 9.17) is 0 Å². The van der Waals surface area contributed by atoms with Crippen molar-refractivity contribution in [2.45, 2.75) is 26.2 Å². The summed E-state index contributed by atoms with van der Waals surface area (Å²) in [5.74, 6) is 1.01. The highest BCUT2D eigenvalue weighted by atomic mass is 16.1. The monoisotopic (exact) mass is 110 g/mol. The molecule has 1 heteroatoms. The number of Topliss-reactive ketones (excluding diaryl/α,β-unsaturated/α-hetero) is 1. The molecule has 0 N–H and O–H groups in total. The van der Waals surface area contributed by atoms with Crippen molar-refractivity contribution in [3.8, 4) is 0 Å². The van der Waals surface area contributed by atoms with Gasteiger partial charge in [0.25, 0.3) is 0 Å². The van der Waals surface area contributed by atoms with Gasteiger partial charge >= 0.3 is 0 Å². The molecule has 2 atom stereocenters. The lowest BCUT2D eigenvalue weighted by molar-refractivity contribution is -0.119. The number of fused-ring (bicyclic) bond motifs is 1. The van der Waals surface area contributed by atoms with E-state index in [-0.39, 0.29) is 0 Å². The molecule has 0 aromatic carbocycles. The largest absolute Gasteiger partial charge is 0.299 e. The Morgan fingerprint density at radius 1 is 1.75 bits per heavy atom. The second kappa shape index (κ2) is 0.996. The number of ketones is 1. The van der Waals surface area contributed by atoms with Gasteiger partial charge in [-0.2, -0.15) is 0 Å². The quantitative estimate of drug-likeness (QED) is 0.460. The van der Waals surface area contributed by atoms with E-state index in [2.05, 4.69) is 6.92 Å². The molecule has 0 amide bonds. The summed E-state index contributed by atoms with van der Waals surface area (Å²) in [6.45, 7) is 2.22. The van der Waals surface area contributed by atoms with Gasteiger partial charge in [-0.15, -0.1) is 0 Å². The maximum Gasteiger partial charge on any atom is 0.136 e. The molecular weight excluding hydrogens is 100 g/mol. The predicted molar refractivity (Wildman–Crippen MR) is 30.5 cm³/mol. The number of carbonyl (C=O) groups is 1. The standard InChI is InChI=1S/C7H10O/c1-7-3-2-6(8)5(7)4-7/h5H,2-4H2,1H3. The molecule has 2 saturated carbocycles. The number of hydrogen-bond acceptors (Lipinski definition) is 1. The zero-order valence-electron chi connectivity index (χ0n) is 5.11. The first-order chi connectivity index (χ1) is 3.72. The Hall–Kier alpha value is -0.330. The summed E-state index contributed by atoms with van der Waals surface area (Å²) in [7, 11) is 0.